The first kappa shape index (κ1) is 15.3. The number of nitrogens with zero attached hydrogens (tertiary/aromatic N) is 2. The molecule has 20 heavy (non-hydrogen) atoms. The third kappa shape index (κ3) is 3.72. The van der Waals surface area contributed by atoms with Gasteiger partial charge in [0.25, 0.3) is 0 Å². The smallest absolute Gasteiger partial charge is 0.125 e. The zero-order chi connectivity index (χ0) is 14.5. The summed E-state index contributed by atoms with van der Waals surface area (Å²) in [6.07, 6.45) is -0.497. The highest BCUT2D eigenvalue weighted by molar-refractivity contribution is 5.35. The van der Waals surface area contributed by atoms with Gasteiger partial charge in [0.15, 0.2) is 0 Å². The molecule has 1 N–H and O–H groups in total. The number of para-hydroxylation sites is 1. The minimum atomic E-state index is -0.497. The number of likely N-dealkylation sites (N-methyl/N-ethyl adjacent to an activating group) is 1. The molecule has 0 bridgehead atoms. The number of piperazine rings is 1. The van der Waals surface area contributed by atoms with E-state index >= 15 is 0 Å². The topological polar surface area (TPSA) is 35.9 Å². The van der Waals surface area contributed by atoms with E-state index in [1.54, 1.807) is 0 Å². The Morgan fingerprint density at radius 1 is 1.35 bits per heavy atom. The monoisotopic (exact) mass is 278 g/mol. The molecule has 1 saturated heterocycles. The van der Waals surface area contributed by atoms with Crippen LogP contribution < -0.4 is 4.74 Å². The van der Waals surface area contributed by atoms with Crippen LogP contribution in [0.15, 0.2) is 24.3 Å². The van der Waals surface area contributed by atoms with Crippen LogP contribution in [0.2, 0.25) is 0 Å². The Labute approximate surface area is 122 Å². The van der Waals surface area contributed by atoms with Gasteiger partial charge in [0, 0.05) is 37.8 Å². The maximum absolute atomic E-state index is 10.5. The molecule has 2 unspecified atom stereocenters. The number of ether oxygens (including phenoxy) is 1. The van der Waals surface area contributed by atoms with Crippen LogP contribution in [-0.2, 0) is 0 Å². The highest BCUT2D eigenvalue weighted by Crippen LogP contribution is 2.26. The molecule has 2 atom stereocenters. The number of rotatable bonds is 5. The predicted molar refractivity (Wildman–Crippen MR) is 81.1 cm³/mol. The van der Waals surface area contributed by atoms with Gasteiger partial charge >= 0.3 is 0 Å². The fourth-order valence-electron chi connectivity index (χ4n) is 2.81. The molecule has 1 aliphatic heterocycles. The molecular formula is C16H26N2O2. The summed E-state index contributed by atoms with van der Waals surface area (Å²) in [5, 5.41) is 10.5. The summed E-state index contributed by atoms with van der Waals surface area (Å²) in [4.78, 5) is 4.69. The summed E-state index contributed by atoms with van der Waals surface area (Å²) in [7, 11) is 2.15. The van der Waals surface area contributed by atoms with Crippen molar-refractivity contribution >= 4 is 0 Å². The zero-order valence-electron chi connectivity index (χ0n) is 12.7. The van der Waals surface area contributed by atoms with Gasteiger partial charge in [-0.1, -0.05) is 18.2 Å². The Balaban J connectivity index is 2.02. The molecule has 2 rings (SSSR count). The number of aliphatic hydroxyl groups is 1. The quantitative estimate of drug-likeness (QED) is 0.890. The van der Waals surface area contributed by atoms with Crippen molar-refractivity contribution in [2.45, 2.75) is 26.0 Å². The molecule has 0 amide bonds. The van der Waals surface area contributed by atoms with E-state index in [4.69, 9.17) is 4.74 Å². The Kier molecular flexibility index (Phi) is 5.40. The molecule has 1 aromatic rings. The van der Waals surface area contributed by atoms with E-state index in [0.717, 1.165) is 30.9 Å². The lowest BCUT2D eigenvalue weighted by molar-refractivity contribution is 0.0463. The molecule has 112 valence electrons. The van der Waals surface area contributed by atoms with Crippen LogP contribution in [0.25, 0.3) is 0 Å². The standard InChI is InChI=1S/C16H26N2O2/c1-4-20-16-8-6-5-7-14(16)15(19)12-18-10-9-17(3)11-13(18)2/h5-8,13,15,19H,4,9-12H2,1-3H3. The van der Waals surface area contributed by atoms with Crippen LogP contribution in [0.3, 0.4) is 0 Å². The predicted octanol–water partition coefficient (Wildman–Crippen LogP) is 1.75. The van der Waals surface area contributed by atoms with Crippen LogP contribution in [0.5, 0.6) is 5.75 Å². The van der Waals surface area contributed by atoms with Crippen molar-refractivity contribution < 1.29 is 9.84 Å². The molecule has 0 saturated carbocycles. The summed E-state index contributed by atoms with van der Waals surface area (Å²) < 4.78 is 5.60. The Morgan fingerprint density at radius 3 is 2.80 bits per heavy atom. The largest absolute Gasteiger partial charge is 0.493 e. The van der Waals surface area contributed by atoms with Gasteiger partial charge in [-0.25, -0.2) is 0 Å². The van der Waals surface area contributed by atoms with Gasteiger partial charge in [-0.05, 0) is 27.0 Å². The van der Waals surface area contributed by atoms with E-state index in [2.05, 4.69) is 23.8 Å². The second kappa shape index (κ2) is 7.07. The third-order valence-corrected chi connectivity index (χ3v) is 3.95. The lowest BCUT2D eigenvalue weighted by Crippen LogP contribution is -2.51. The molecule has 1 aromatic carbocycles. The van der Waals surface area contributed by atoms with Crippen molar-refractivity contribution in [2.24, 2.45) is 0 Å². The van der Waals surface area contributed by atoms with E-state index in [0.29, 0.717) is 19.2 Å². The fourth-order valence-corrected chi connectivity index (χ4v) is 2.81. The van der Waals surface area contributed by atoms with Gasteiger partial charge in [-0.3, -0.25) is 4.90 Å². The molecule has 0 spiro atoms. The summed E-state index contributed by atoms with van der Waals surface area (Å²) in [6.45, 7) is 8.59. The lowest BCUT2D eigenvalue weighted by atomic mass is 10.1. The minimum absolute atomic E-state index is 0.475. The molecule has 0 aliphatic carbocycles. The summed E-state index contributed by atoms with van der Waals surface area (Å²) in [5.74, 6) is 0.796. The van der Waals surface area contributed by atoms with Gasteiger partial charge in [-0.2, -0.15) is 0 Å². The average molecular weight is 278 g/mol. The van der Waals surface area contributed by atoms with Gasteiger partial charge < -0.3 is 14.7 Å². The van der Waals surface area contributed by atoms with E-state index in [9.17, 15) is 5.11 Å². The van der Waals surface area contributed by atoms with Crippen molar-refractivity contribution in [3.05, 3.63) is 29.8 Å². The van der Waals surface area contributed by atoms with Crippen molar-refractivity contribution in [3.8, 4) is 5.75 Å². The number of aliphatic hydroxyl groups excluding tert-OH is 1. The van der Waals surface area contributed by atoms with Crippen molar-refractivity contribution in [1.82, 2.24) is 9.80 Å². The molecule has 0 aromatic heterocycles. The van der Waals surface area contributed by atoms with E-state index in [1.807, 2.05) is 31.2 Å². The van der Waals surface area contributed by atoms with E-state index < -0.39 is 6.10 Å². The SMILES string of the molecule is CCOc1ccccc1C(O)CN1CCN(C)CC1C. The molecular weight excluding hydrogens is 252 g/mol. The second-order valence-corrected chi connectivity index (χ2v) is 5.59. The summed E-state index contributed by atoms with van der Waals surface area (Å²) in [5.41, 5.74) is 0.889. The molecule has 4 nitrogen and oxygen atoms in total. The van der Waals surface area contributed by atoms with Crippen LogP contribution in [0.1, 0.15) is 25.5 Å². The van der Waals surface area contributed by atoms with Crippen molar-refractivity contribution in [2.75, 3.05) is 39.8 Å². The number of hydrogen-bond acceptors (Lipinski definition) is 4. The van der Waals surface area contributed by atoms with Crippen LogP contribution in [0.4, 0.5) is 0 Å². The first-order valence-electron chi connectivity index (χ1n) is 7.44. The number of hydrogen-bond donors (Lipinski definition) is 1. The highest BCUT2D eigenvalue weighted by atomic mass is 16.5. The fraction of sp³-hybridized carbons (Fsp3) is 0.625. The van der Waals surface area contributed by atoms with Crippen LogP contribution in [-0.4, -0.2) is 60.8 Å². The first-order chi connectivity index (χ1) is 9.61. The normalized spacial score (nSPS) is 22.7. The second-order valence-electron chi connectivity index (χ2n) is 5.59. The Bertz CT molecular complexity index is 425. The first-order valence-corrected chi connectivity index (χ1v) is 7.44. The van der Waals surface area contributed by atoms with Crippen LogP contribution >= 0.6 is 0 Å². The van der Waals surface area contributed by atoms with Gasteiger partial charge in [-0.15, -0.1) is 0 Å². The highest BCUT2D eigenvalue weighted by Gasteiger charge is 2.24. The number of benzene rings is 1. The maximum atomic E-state index is 10.5. The Hall–Kier alpha value is -1.10. The van der Waals surface area contributed by atoms with Gasteiger partial charge in [0.05, 0.1) is 12.7 Å². The molecule has 0 radical (unpaired) electrons. The third-order valence-electron chi connectivity index (χ3n) is 3.95. The zero-order valence-corrected chi connectivity index (χ0v) is 12.7. The average Bonchev–Trinajstić information content (AvgIpc) is 2.43. The van der Waals surface area contributed by atoms with Gasteiger partial charge in [0.2, 0.25) is 0 Å². The Morgan fingerprint density at radius 2 is 2.10 bits per heavy atom. The lowest BCUT2D eigenvalue weighted by Gasteiger charge is -2.39. The number of β-amino-alcohol motifs (C(OH)–C–C–N with tert-alkyl or cyclic N) is 1. The van der Waals surface area contributed by atoms with Crippen molar-refractivity contribution in [3.63, 3.8) is 0 Å². The van der Waals surface area contributed by atoms with Crippen LogP contribution in [0, 0.1) is 0 Å². The minimum Gasteiger partial charge on any atom is -0.493 e. The van der Waals surface area contributed by atoms with Gasteiger partial charge in [0.1, 0.15) is 5.75 Å². The summed E-state index contributed by atoms with van der Waals surface area (Å²) >= 11 is 0. The summed E-state index contributed by atoms with van der Waals surface area (Å²) in [6, 6.07) is 8.25. The maximum Gasteiger partial charge on any atom is 0.125 e. The van der Waals surface area contributed by atoms with E-state index in [1.165, 1.54) is 0 Å². The molecule has 4 heteroatoms. The van der Waals surface area contributed by atoms with Crippen molar-refractivity contribution in [1.29, 1.82) is 0 Å². The van der Waals surface area contributed by atoms with E-state index in [-0.39, 0.29) is 0 Å². The molecule has 1 fully saturated rings. The molecule has 1 aliphatic rings. The molecule has 1 heterocycles.